The van der Waals surface area contributed by atoms with Gasteiger partial charge in [0.15, 0.2) is 5.75 Å². The van der Waals surface area contributed by atoms with Crippen molar-refractivity contribution in [3.63, 3.8) is 0 Å². The van der Waals surface area contributed by atoms with Crippen molar-refractivity contribution in [2.24, 2.45) is 11.3 Å². The van der Waals surface area contributed by atoms with E-state index in [1.165, 1.54) is 19.3 Å². The molecule has 2 aliphatic rings. The van der Waals surface area contributed by atoms with Crippen LogP contribution in [0, 0.1) is 11.3 Å². The Bertz CT molecular complexity index is 644. The smallest absolute Gasteiger partial charge is 0.237 e. The Morgan fingerprint density at radius 3 is 2.87 bits per heavy atom. The number of hydrogen-bond donors (Lipinski definition) is 0. The fourth-order valence-electron chi connectivity index (χ4n) is 4.27. The molecule has 3 rings (SSSR count). The van der Waals surface area contributed by atoms with E-state index >= 15 is 0 Å². The summed E-state index contributed by atoms with van der Waals surface area (Å²) < 4.78 is 19.4. The third kappa shape index (κ3) is 2.75. The van der Waals surface area contributed by atoms with E-state index in [9.17, 15) is 4.79 Å². The Labute approximate surface area is 145 Å². The van der Waals surface area contributed by atoms with Crippen LogP contribution in [-0.4, -0.2) is 25.6 Å². The molecule has 0 saturated heterocycles. The largest absolute Gasteiger partial charge is 0.491 e. The van der Waals surface area contributed by atoms with Gasteiger partial charge in [-0.25, -0.2) is 0 Å². The summed E-state index contributed by atoms with van der Waals surface area (Å²) in [6.07, 6.45) is 6.41. The number of aromatic nitrogens is 1. The summed E-state index contributed by atoms with van der Waals surface area (Å²) >= 11 is 3.36. The lowest BCUT2D eigenvalue weighted by Gasteiger charge is -2.51. The number of hydrogen-bond acceptors (Lipinski definition) is 4. The van der Waals surface area contributed by atoms with Gasteiger partial charge in [0.2, 0.25) is 5.43 Å². The molecule has 0 spiro atoms. The van der Waals surface area contributed by atoms with E-state index in [4.69, 9.17) is 14.2 Å². The summed E-state index contributed by atoms with van der Waals surface area (Å²) in [5, 5.41) is 0. The Kier molecular flexibility index (Phi) is 4.85. The highest BCUT2D eigenvalue weighted by Gasteiger charge is 2.50. The van der Waals surface area contributed by atoms with Crippen LogP contribution in [0.1, 0.15) is 44.4 Å². The van der Waals surface area contributed by atoms with Crippen molar-refractivity contribution in [2.75, 3.05) is 21.0 Å². The van der Waals surface area contributed by atoms with Gasteiger partial charge in [-0.1, -0.05) is 19.8 Å². The molecule has 1 aliphatic heterocycles. The minimum Gasteiger partial charge on any atom is -0.491 e. The van der Waals surface area contributed by atoms with Crippen molar-refractivity contribution < 1.29 is 14.2 Å². The number of pyridine rings is 1. The van der Waals surface area contributed by atoms with Gasteiger partial charge in [0, 0.05) is 25.3 Å². The molecule has 0 radical (unpaired) electrons. The zero-order valence-electron chi connectivity index (χ0n) is 13.9. The predicted octanol–water partition coefficient (Wildman–Crippen LogP) is 3.49. The predicted molar refractivity (Wildman–Crippen MR) is 90.7 cm³/mol. The van der Waals surface area contributed by atoms with Gasteiger partial charge in [-0.2, -0.15) is 0 Å². The van der Waals surface area contributed by atoms with E-state index < -0.39 is 0 Å². The normalized spacial score (nSPS) is 29.7. The molecule has 1 aliphatic carbocycles. The minimum absolute atomic E-state index is 0.00430. The van der Waals surface area contributed by atoms with Crippen molar-refractivity contribution in [2.45, 2.75) is 45.3 Å². The molecule has 2 heterocycles. The minimum atomic E-state index is -0.197. The van der Waals surface area contributed by atoms with E-state index in [1.807, 2.05) is 6.20 Å². The van der Waals surface area contributed by atoms with Crippen LogP contribution in [0.3, 0.4) is 0 Å². The average Bonchev–Trinajstić information content (AvgIpc) is 2.53. The summed E-state index contributed by atoms with van der Waals surface area (Å²) in [7, 11) is 3.17. The Morgan fingerprint density at radius 2 is 2.17 bits per heavy atom. The molecule has 3 unspecified atom stereocenters. The quantitative estimate of drug-likeness (QED) is 0.744. The molecule has 3 atom stereocenters. The highest BCUT2D eigenvalue weighted by Crippen LogP contribution is 2.55. The van der Waals surface area contributed by atoms with Crippen molar-refractivity contribution in [3.8, 4) is 5.75 Å². The fraction of sp³-hybridized carbons (Fsp3) is 0.706. The van der Waals surface area contributed by atoms with Gasteiger partial charge in [-0.3, -0.25) is 4.79 Å². The third-order valence-corrected chi connectivity index (χ3v) is 6.07. The van der Waals surface area contributed by atoms with Crippen molar-refractivity contribution in [3.05, 3.63) is 26.6 Å². The Hall–Kier alpha value is -0.850. The summed E-state index contributed by atoms with van der Waals surface area (Å²) in [6.45, 7) is 3.39. The zero-order chi connectivity index (χ0) is 16.6. The van der Waals surface area contributed by atoms with Gasteiger partial charge < -0.3 is 18.8 Å². The van der Waals surface area contributed by atoms with Crippen molar-refractivity contribution in [1.29, 1.82) is 0 Å². The molecule has 1 aromatic heterocycles. The molecule has 1 aromatic rings. The lowest BCUT2D eigenvalue weighted by Crippen LogP contribution is -2.46. The molecule has 0 amide bonds. The van der Waals surface area contributed by atoms with E-state index in [2.05, 4.69) is 27.4 Å². The monoisotopic (exact) mass is 385 g/mol. The highest BCUT2D eigenvalue weighted by atomic mass is 79.9. The summed E-state index contributed by atoms with van der Waals surface area (Å²) in [5.41, 5.74) is 0.727. The van der Waals surface area contributed by atoms with Gasteiger partial charge >= 0.3 is 0 Å². The number of fused-ring (bicyclic) bond motifs is 2. The molecule has 128 valence electrons. The Morgan fingerprint density at radius 1 is 1.39 bits per heavy atom. The highest BCUT2D eigenvalue weighted by molar-refractivity contribution is 9.10. The second-order valence-corrected chi connectivity index (χ2v) is 7.63. The van der Waals surface area contributed by atoms with Crippen LogP contribution in [0.5, 0.6) is 5.75 Å². The molecule has 1 fully saturated rings. The van der Waals surface area contributed by atoms with Crippen LogP contribution in [-0.2, 0) is 16.0 Å². The van der Waals surface area contributed by atoms with Crippen LogP contribution in [0.2, 0.25) is 0 Å². The first kappa shape index (κ1) is 17.0. The first-order valence-electron chi connectivity index (χ1n) is 8.10. The third-order valence-electron chi connectivity index (χ3n) is 5.51. The number of rotatable bonds is 4. The lowest BCUT2D eigenvalue weighted by molar-refractivity contribution is -0.157. The van der Waals surface area contributed by atoms with E-state index in [-0.39, 0.29) is 23.7 Å². The van der Waals surface area contributed by atoms with Gasteiger partial charge in [0.25, 0.3) is 0 Å². The van der Waals surface area contributed by atoms with Gasteiger partial charge in [0.05, 0.1) is 17.3 Å². The summed E-state index contributed by atoms with van der Waals surface area (Å²) in [5.74, 6) is 0.912. The number of methoxy groups -OCH3 is 2. The van der Waals surface area contributed by atoms with E-state index in [1.54, 1.807) is 14.2 Å². The molecule has 0 bridgehead atoms. The van der Waals surface area contributed by atoms with Crippen molar-refractivity contribution >= 4 is 15.9 Å². The molecule has 0 N–H and O–H groups in total. The maximum atomic E-state index is 12.5. The first-order chi connectivity index (χ1) is 11.0. The van der Waals surface area contributed by atoms with Gasteiger partial charge in [-0.05, 0) is 34.7 Å². The van der Waals surface area contributed by atoms with Gasteiger partial charge in [0.1, 0.15) is 12.9 Å². The van der Waals surface area contributed by atoms with Crippen LogP contribution in [0.25, 0.3) is 0 Å². The topological polar surface area (TPSA) is 49.7 Å². The molecule has 6 heteroatoms. The van der Waals surface area contributed by atoms with E-state index in [0.717, 1.165) is 18.7 Å². The van der Waals surface area contributed by atoms with E-state index in [0.29, 0.717) is 16.1 Å². The second kappa shape index (κ2) is 6.57. The maximum absolute atomic E-state index is 12.5. The Balaban J connectivity index is 2.17. The second-order valence-electron chi connectivity index (χ2n) is 6.78. The van der Waals surface area contributed by atoms with Crippen LogP contribution < -0.4 is 10.2 Å². The zero-order valence-corrected chi connectivity index (χ0v) is 15.5. The van der Waals surface area contributed by atoms with Crippen LogP contribution >= 0.6 is 15.9 Å². The number of halogens is 1. The molecule has 5 nitrogen and oxygen atoms in total. The average molecular weight is 386 g/mol. The summed E-state index contributed by atoms with van der Waals surface area (Å²) in [6, 6.07) is 0. The molecular weight excluding hydrogens is 362 g/mol. The molecular formula is C17H24BrNO4. The SMILES string of the molecule is COCOC1c2c(OC)c(=O)c(Br)cn2CC2CCCCC21C. The fourth-order valence-corrected chi connectivity index (χ4v) is 4.70. The van der Waals surface area contributed by atoms with Crippen molar-refractivity contribution in [1.82, 2.24) is 4.57 Å². The number of nitrogens with zero attached hydrogens (tertiary/aromatic N) is 1. The molecule has 1 saturated carbocycles. The standard InChI is InChI=1S/C17H24BrNO4/c1-17-7-5-4-6-11(17)8-19-9-12(18)14(20)15(22-3)13(19)16(17)23-10-21-2/h9,11,16H,4-8,10H2,1-3H3. The first-order valence-corrected chi connectivity index (χ1v) is 8.89. The molecule has 0 aromatic carbocycles. The summed E-state index contributed by atoms with van der Waals surface area (Å²) in [4.78, 5) is 12.5. The number of ether oxygens (including phenoxy) is 3. The maximum Gasteiger partial charge on any atom is 0.237 e. The van der Waals surface area contributed by atoms with Crippen LogP contribution in [0.4, 0.5) is 0 Å². The lowest BCUT2D eigenvalue weighted by atomic mass is 9.61. The molecule has 23 heavy (non-hydrogen) atoms. The van der Waals surface area contributed by atoms with Gasteiger partial charge in [-0.15, -0.1) is 0 Å². The van der Waals surface area contributed by atoms with Crippen LogP contribution in [0.15, 0.2) is 15.5 Å².